The monoisotopic (exact) mass is 388 g/mol. The molecule has 27 heavy (non-hydrogen) atoms. The number of ether oxygens (including phenoxy) is 1. The summed E-state index contributed by atoms with van der Waals surface area (Å²) in [4.78, 5) is 4.36. The zero-order chi connectivity index (χ0) is 19.3. The molecule has 0 unspecified atom stereocenters. The third-order valence-corrected chi connectivity index (χ3v) is 5.20. The highest BCUT2D eigenvalue weighted by Crippen LogP contribution is 2.26. The smallest absolute Gasteiger partial charge is 0.242 e. The summed E-state index contributed by atoms with van der Waals surface area (Å²) < 4.78 is 37.2. The Kier molecular flexibility index (Phi) is 5.84. The minimum Gasteiger partial charge on any atom is -0.383 e. The lowest BCUT2D eigenvalue weighted by Crippen LogP contribution is -2.26. The van der Waals surface area contributed by atoms with E-state index in [1.54, 1.807) is 30.5 Å². The summed E-state index contributed by atoms with van der Waals surface area (Å²) in [7, 11) is -3.57. The second kappa shape index (κ2) is 8.30. The average Bonchev–Trinajstić information content (AvgIpc) is 3.09. The predicted molar refractivity (Wildman–Crippen MR) is 100 cm³/mol. The summed E-state index contributed by atoms with van der Waals surface area (Å²) in [6.07, 6.45) is 2.19. The van der Waals surface area contributed by atoms with E-state index in [0.29, 0.717) is 30.2 Å². The Morgan fingerprint density at radius 3 is 2.70 bits per heavy atom. The van der Waals surface area contributed by atoms with Gasteiger partial charge < -0.3 is 15.0 Å². The quantitative estimate of drug-likeness (QED) is 0.448. The van der Waals surface area contributed by atoms with Crippen molar-refractivity contribution in [3.8, 4) is 11.3 Å². The zero-order valence-corrected chi connectivity index (χ0v) is 15.6. The van der Waals surface area contributed by atoms with Gasteiger partial charge in [0.15, 0.2) is 5.76 Å². The van der Waals surface area contributed by atoms with Crippen molar-refractivity contribution in [1.82, 2.24) is 14.9 Å². The molecule has 0 saturated carbocycles. The van der Waals surface area contributed by atoms with Crippen LogP contribution in [0.4, 0.5) is 5.82 Å². The normalized spacial score (nSPS) is 11.6. The molecule has 0 atom stereocenters. The number of nitrogens with zero attached hydrogens (tertiary/aromatic N) is 2. The predicted octanol–water partition coefficient (Wildman–Crippen LogP) is 2.12. The SMILES string of the molecule is Cc1cc(-c2cc(CCOCNS(=O)(=O)c3ccccc3)cnc2N)on1. The topological polar surface area (TPSA) is 120 Å². The fraction of sp³-hybridized carbons (Fsp3) is 0.222. The largest absolute Gasteiger partial charge is 0.383 e. The number of hydrogen-bond acceptors (Lipinski definition) is 7. The molecule has 2 aromatic heterocycles. The van der Waals surface area contributed by atoms with Crippen LogP contribution in [0.3, 0.4) is 0 Å². The minimum atomic E-state index is -3.57. The van der Waals surface area contributed by atoms with E-state index in [-0.39, 0.29) is 11.6 Å². The summed E-state index contributed by atoms with van der Waals surface area (Å²) in [6.45, 7) is 2.02. The van der Waals surface area contributed by atoms with Crippen LogP contribution in [0.1, 0.15) is 11.3 Å². The van der Waals surface area contributed by atoms with Crippen LogP contribution >= 0.6 is 0 Å². The first-order chi connectivity index (χ1) is 13.0. The van der Waals surface area contributed by atoms with Crippen molar-refractivity contribution in [3.05, 3.63) is 59.9 Å². The van der Waals surface area contributed by atoms with Crippen molar-refractivity contribution in [2.75, 3.05) is 19.1 Å². The molecule has 142 valence electrons. The Hall–Kier alpha value is -2.75. The van der Waals surface area contributed by atoms with Gasteiger partial charge in [-0.2, -0.15) is 4.72 Å². The van der Waals surface area contributed by atoms with Crippen LogP contribution in [0.15, 0.2) is 58.1 Å². The first kappa shape index (κ1) is 19.0. The summed E-state index contributed by atoms with van der Waals surface area (Å²) >= 11 is 0. The third kappa shape index (κ3) is 4.91. The number of pyridine rings is 1. The number of sulfonamides is 1. The molecular formula is C18H20N4O4S. The molecule has 0 saturated heterocycles. The molecular weight excluding hydrogens is 368 g/mol. The lowest BCUT2D eigenvalue weighted by Gasteiger charge is -2.08. The number of nitrogens with one attached hydrogen (secondary N) is 1. The van der Waals surface area contributed by atoms with Crippen molar-refractivity contribution in [3.63, 3.8) is 0 Å². The Morgan fingerprint density at radius 1 is 1.22 bits per heavy atom. The second-order valence-electron chi connectivity index (χ2n) is 5.87. The summed E-state index contributed by atoms with van der Waals surface area (Å²) in [5.74, 6) is 0.905. The molecule has 0 bridgehead atoms. The van der Waals surface area contributed by atoms with Crippen molar-refractivity contribution >= 4 is 15.8 Å². The van der Waals surface area contributed by atoms with Gasteiger partial charge in [-0.05, 0) is 37.1 Å². The summed E-state index contributed by atoms with van der Waals surface area (Å²) in [5.41, 5.74) is 8.21. The van der Waals surface area contributed by atoms with Crippen LogP contribution in [-0.2, 0) is 21.2 Å². The number of hydrogen-bond donors (Lipinski definition) is 2. The Balaban J connectivity index is 1.52. The third-order valence-electron chi connectivity index (χ3n) is 3.81. The van der Waals surface area contributed by atoms with Gasteiger partial charge in [0.1, 0.15) is 12.5 Å². The molecule has 0 spiro atoms. The van der Waals surface area contributed by atoms with Crippen LogP contribution in [0.25, 0.3) is 11.3 Å². The number of anilines is 1. The minimum absolute atomic E-state index is 0.117. The molecule has 0 amide bonds. The highest BCUT2D eigenvalue weighted by atomic mass is 32.2. The molecule has 3 N–H and O–H groups in total. The number of nitrogen functional groups attached to an aromatic ring is 1. The first-order valence-corrected chi connectivity index (χ1v) is 9.74. The molecule has 0 aliphatic carbocycles. The molecule has 8 nitrogen and oxygen atoms in total. The fourth-order valence-electron chi connectivity index (χ4n) is 2.41. The van der Waals surface area contributed by atoms with Gasteiger partial charge in [0.2, 0.25) is 10.0 Å². The number of nitrogens with two attached hydrogens (primary N) is 1. The summed E-state index contributed by atoms with van der Waals surface area (Å²) in [5, 5.41) is 3.85. The molecule has 0 aliphatic heterocycles. The van der Waals surface area contributed by atoms with Crippen molar-refractivity contribution in [2.24, 2.45) is 0 Å². The lowest BCUT2D eigenvalue weighted by molar-refractivity contribution is 0.134. The molecule has 1 aromatic carbocycles. The molecule has 0 radical (unpaired) electrons. The van der Waals surface area contributed by atoms with Crippen LogP contribution in [0, 0.1) is 6.92 Å². The van der Waals surface area contributed by atoms with E-state index >= 15 is 0 Å². The van der Waals surface area contributed by atoms with E-state index in [9.17, 15) is 8.42 Å². The number of benzene rings is 1. The van der Waals surface area contributed by atoms with Gasteiger partial charge in [-0.15, -0.1) is 0 Å². The standard InChI is InChI=1S/C18H20N4O4S/c1-13-9-17(26-22-13)16-10-14(11-20-18(16)19)7-8-25-12-21-27(23,24)15-5-3-2-4-6-15/h2-6,9-11,21H,7-8,12H2,1H3,(H2,19,20). The maximum atomic E-state index is 12.1. The van der Waals surface area contributed by atoms with Gasteiger partial charge in [0.05, 0.1) is 22.8 Å². The molecule has 0 fully saturated rings. The number of rotatable bonds is 8. The first-order valence-electron chi connectivity index (χ1n) is 8.26. The zero-order valence-electron chi connectivity index (χ0n) is 14.8. The number of aryl methyl sites for hydroxylation is 1. The molecule has 3 rings (SSSR count). The van der Waals surface area contributed by atoms with Gasteiger partial charge >= 0.3 is 0 Å². The Labute approximate surface area is 157 Å². The second-order valence-corrected chi connectivity index (χ2v) is 7.64. The van der Waals surface area contributed by atoms with E-state index in [1.807, 2.05) is 13.0 Å². The van der Waals surface area contributed by atoms with Crippen molar-refractivity contribution in [1.29, 1.82) is 0 Å². The molecule has 2 heterocycles. The average molecular weight is 388 g/mol. The van der Waals surface area contributed by atoms with E-state index in [0.717, 1.165) is 11.3 Å². The Morgan fingerprint density at radius 2 is 2.00 bits per heavy atom. The molecule has 9 heteroatoms. The molecule has 0 aliphatic rings. The van der Waals surface area contributed by atoms with Crippen LogP contribution in [0.5, 0.6) is 0 Å². The van der Waals surface area contributed by atoms with Gasteiger partial charge in [0, 0.05) is 12.3 Å². The van der Waals surface area contributed by atoms with Crippen LogP contribution in [-0.4, -0.2) is 31.9 Å². The van der Waals surface area contributed by atoms with Crippen molar-refractivity contribution < 1.29 is 17.7 Å². The van der Waals surface area contributed by atoms with Gasteiger partial charge in [-0.1, -0.05) is 23.4 Å². The Bertz CT molecular complexity index is 1000. The van der Waals surface area contributed by atoms with Gasteiger partial charge in [-0.25, -0.2) is 13.4 Å². The van der Waals surface area contributed by atoms with Crippen molar-refractivity contribution in [2.45, 2.75) is 18.2 Å². The van der Waals surface area contributed by atoms with E-state index < -0.39 is 10.0 Å². The van der Waals surface area contributed by atoms with E-state index in [4.69, 9.17) is 15.0 Å². The van der Waals surface area contributed by atoms with Crippen LogP contribution < -0.4 is 10.5 Å². The van der Waals surface area contributed by atoms with Gasteiger partial charge in [0.25, 0.3) is 0 Å². The highest BCUT2D eigenvalue weighted by molar-refractivity contribution is 7.89. The molecule has 3 aromatic rings. The maximum absolute atomic E-state index is 12.1. The highest BCUT2D eigenvalue weighted by Gasteiger charge is 2.13. The van der Waals surface area contributed by atoms with E-state index in [2.05, 4.69) is 14.9 Å². The number of aromatic nitrogens is 2. The fourth-order valence-corrected chi connectivity index (χ4v) is 3.33. The van der Waals surface area contributed by atoms with Crippen LogP contribution in [0.2, 0.25) is 0 Å². The lowest BCUT2D eigenvalue weighted by atomic mass is 10.1. The maximum Gasteiger partial charge on any atom is 0.242 e. The van der Waals surface area contributed by atoms with E-state index in [1.165, 1.54) is 12.1 Å². The van der Waals surface area contributed by atoms with Gasteiger partial charge in [-0.3, -0.25) is 0 Å². The summed E-state index contributed by atoms with van der Waals surface area (Å²) in [6, 6.07) is 11.8.